The number of fused-ring (bicyclic) bond motifs is 2. The largest absolute Gasteiger partial charge is 0.356 e. The van der Waals surface area contributed by atoms with Gasteiger partial charge < -0.3 is 5.32 Å². The van der Waals surface area contributed by atoms with Crippen LogP contribution in [0.3, 0.4) is 0 Å². The predicted molar refractivity (Wildman–Crippen MR) is 69.9 cm³/mol. The van der Waals surface area contributed by atoms with E-state index < -0.39 is 0 Å². The van der Waals surface area contributed by atoms with Crippen LogP contribution < -0.4 is 5.32 Å². The van der Waals surface area contributed by atoms with Crippen molar-refractivity contribution in [3.05, 3.63) is 30.1 Å². The monoisotopic (exact) mass is 244 g/mol. The highest BCUT2D eigenvalue weighted by atomic mass is 16.1. The van der Waals surface area contributed by atoms with Crippen molar-refractivity contribution in [2.24, 2.45) is 17.8 Å². The molecule has 2 aliphatic carbocycles. The molecular weight excluding hydrogens is 224 g/mol. The van der Waals surface area contributed by atoms with E-state index in [4.69, 9.17) is 0 Å². The van der Waals surface area contributed by atoms with Crippen LogP contribution in [0.5, 0.6) is 0 Å². The summed E-state index contributed by atoms with van der Waals surface area (Å²) >= 11 is 0. The molecule has 0 aliphatic heterocycles. The highest BCUT2D eigenvalue weighted by Crippen LogP contribution is 2.48. The summed E-state index contributed by atoms with van der Waals surface area (Å²) in [7, 11) is 0. The molecule has 3 rings (SSSR count). The molecule has 18 heavy (non-hydrogen) atoms. The van der Waals surface area contributed by atoms with Crippen molar-refractivity contribution in [3.63, 3.8) is 0 Å². The van der Waals surface area contributed by atoms with Crippen LogP contribution >= 0.6 is 0 Å². The summed E-state index contributed by atoms with van der Waals surface area (Å²) in [5.74, 6) is 2.11. The summed E-state index contributed by atoms with van der Waals surface area (Å²) in [4.78, 5) is 16.1. The molecule has 3 heteroatoms. The lowest BCUT2D eigenvalue weighted by atomic mass is 9.88. The first kappa shape index (κ1) is 11.7. The van der Waals surface area contributed by atoms with Crippen LogP contribution in [0.2, 0.25) is 0 Å². The van der Waals surface area contributed by atoms with Crippen molar-refractivity contribution in [1.29, 1.82) is 0 Å². The van der Waals surface area contributed by atoms with E-state index in [-0.39, 0.29) is 5.91 Å². The Balaban J connectivity index is 1.45. The Labute approximate surface area is 108 Å². The number of carbonyl (C=O) groups is 1. The van der Waals surface area contributed by atoms with Gasteiger partial charge in [0.25, 0.3) is 0 Å². The number of rotatable bonds is 4. The zero-order chi connectivity index (χ0) is 12.4. The van der Waals surface area contributed by atoms with Gasteiger partial charge in [-0.3, -0.25) is 9.78 Å². The third kappa shape index (κ3) is 2.40. The molecule has 96 valence electrons. The van der Waals surface area contributed by atoms with Crippen molar-refractivity contribution >= 4 is 5.91 Å². The summed E-state index contributed by atoms with van der Waals surface area (Å²) in [5.41, 5.74) is 1.23. The van der Waals surface area contributed by atoms with Crippen molar-refractivity contribution in [2.45, 2.75) is 32.1 Å². The topological polar surface area (TPSA) is 42.0 Å². The Morgan fingerprint density at radius 1 is 1.28 bits per heavy atom. The maximum absolute atomic E-state index is 12.1. The third-order valence-corrected chi connectivity index (χ3v) is 4.54. The maximum Gasteiger partial charge on any atom is 0.223 e. The van der Waals surface area contributed by atoms with Crippen LogP contribution in [-0.2, 0) is 11.2 Å². The molecule has 2 fully saturated rings. The second-order valence-corrected chi connectivity index (χ2v) is 5.68. The molecule has 3 unspecified atom stereocenters. The molecular formula is C15H20N2O. The van der Waals surface area contributed by atoms with E-state index in [1.54, 1.807) is 12.4 Å². The van der Waals surface area contributed by atoms with Crippen molar-refractivity contribution < 1.29 is 4.79 Å². The molecule has 2 saturated carbocycles. The minimum Gasteiger partial charge on any atom is -0.356 e. The Hall–Kier alpha value is -1.38. The van der Waals surface area contributed by atoms with Crippen LogP contribution in [0.15, 0.2) is 24.5 Å². The van der Waals surface area contributed by atoms with Gasteiger partial charge in [-0.2, -0.15) is 0 Å². The number of aromatic nitrogens is 1. The first-order valence-corrected chi connectivity index (χ1v) is 6.99. The summed E-state index contributed by atoms with van der Waals surface area (Å²) in [6, 6.07) is 4.01. The molecule has 2 bridgehead atoms. The quantitative estimate of drug-likeness (QED) is 0.882. The van der Waals surface area contributed by atoms with Gasteiger partial charge in [0.05, 0.1) is 0 Å². The van der Waals surface area contributed by atoms with Gasteiger partial charge in [-0.25, -0.2) is 0 Å². The molecule has 1 amide bonds. The Kier molecular flexibility index (Phi) is 3.31. The first-order chi connectivity index (χ1) is 8.83. The van der Waals surface area contributed by atoms with Crippen molar-refractivity contribution in [3.8, 4) is 0 Å². The molecule has 1 heterocycles. The van der Waals surface area contributed by atoms with Crippen molar-refractivity contribution in [1.82, 2.24) is 10.3 Å². The summed E-state index contributed by atoms with van der Waals surface area (Å²) < 4.78 is 0. The van der Waals surface area contributed by atoms with Gasteiger partial charge in [0, 0.05) is 24.9 Å². The van der Waals surface area contributed by atoms with E-state index in [0.29, 0.717) is 11.8 Å². The lowest BCUT2D eigenvalue weighted by Gasteiger charge is -2.20. The van der Waals surface area contributed by atoms with Crippen molar-refractivity contribution in [2.75, 3.05) is 6.54 Å². The van der Waals surface area contributed by atoms with Gasteiger partial charge in [-0.15, -0.1) is 0 Å². The lowest BCUT2D eigenvalue weighted by molar-refractivity contribution is -0.126. The summed E-state index contributed by atoms with van der Waals surface area (Å²) in [5, 5.41) is 3.10. The second-order valence-electron chi connectivity index (χ2n) is 5.68. The third-order valence-electron chi connectivity index (χ3n) is 4.54. The van der Waals surface area contributed by atoms with Crippen LogP contribution in [0.1, 0.15) is 31.2 Å². The average molecular weight is 244 g/mol. The first-order valence-electron chi connectivity index (χ1n) is 6.99. The average Bonchev–Trinajstić information content (AvgIpc) is 3.02. The highest BCUT2D eigenvalue weighted by Gasteiger charge is 2.42. The zero-order valence-electron chi connectivity index (χ0n) is 10.6. The smallest absolute Gasteiger partial charge is 0.223 e. The molecule has 2 aliphatic rings. The number of carbonyl (C=O) groups excluding carboxylic acids is 1. The molecule has 1 aromatic rings. The standard InChI is InChI=1S/C15H20N2O/c18-15(14-10-12-1-2-13(14)9-12)17-8-5-11-3-6-16-7-4-11/h3-4,6-7,12-14H,1-2,5,8-10H2,(H,17,18). The van der Waals surface area contributed by atoms with E-state index >= 15 is 0 Å². The molecule has 1 aromatic heterocycles. The van der Waals surface area contributed by atoms with E-state index in [9.17, 15) is 4.79 Å². The molecule has 0 saturated heterocycles. The van der Waals surface area contributed by atoms with Gasteiger partial charge >= 0.3 is 0 Å². The van der Waals surface area contributed by atoms with Crippen LogP contribution in [0, 0.1) is 17.8 Å². The number of nitrogens with zero attached hydrogens (tertiary/aromatic N) is 1. The fourth-order valence-electron chi connectivity index (χ4n) is 3.58. The van der Waals surface area contributed by atoms with Gasteiger partial charge in [0.2, 0.25) is 5.91 Å². The SMILES string of the molecule is O=C(NCCc1ccncc1)C1CC2CCC1C2. The van der Waals surface area contributed by atoms with E-state index in [1.165, 1.54) is 24.8 Å². The summed E-state index contributed by atoms with van der Waals surface area (Å²) in [6.45, 7) is 0.747. The van der Waals surface area contributed by atoms with E-state index in [1.807, 2.05) is 12.1 Å². The molecule has 1 N–H and O–H groups in total. The van der Waals surface area contributed by atoms with E-state index in [0.717, 1.165) is 25.3 Å². The van der Waals surface area contributed by atoms with Crippen LogP contribution in [0.4, 0.5) is 0 Å². The molecule has 0 spiro atoms. The maximum atomic E-state index is 12.1. The minimum absolute atomic E-state index is 0.288. The van der Waals surface area contributed by atoms with Crippen LogP contribution in [0.25, 0.3) is 0 Å². The Morgan fingerprint density at radius 2 is 2.11 bits per heavy atom. The number of pyridine rings is 1. The predicted octanol–water partition coefficient (Wildman–Crippen LogP) is 2.18. The zero-order valence-corrected chi connectivity index (χ0v) is 10.6. The molecule has 0 radical (unpaired) electrons. The van der Waals surface area contributed by atoms with Gasteiger partial charge in [0.15, 0.2) is 0 Å². The fourth-order valence-corrected chi connectivity index (χ4v) is 3.58. The minimum atomic E-state index is 0.288. The Bertz CT molecular complexity index is 418. The molecule has 0 aromatic carbocycles. The number of hydrogen-bond acceptors (Lipinski definition) is 2. The van der Waals surface area contributed by atoms with Gasteiger partial charge in [-0.05, 0) is 55.2 Å². The van der Waals surface area contributed by atoms with Crippen LogP contribution in [-0.4, -0.2) is 17.4 Å². The van der Waals surface area contributed by atoms with Gasteiger partial charge in [-0.1, -0.05) is 6.42 Å². The number of hydrogen-bond donors (Lipinski definition) is 1. The molecule has 3 atom stereocenters. The number of amides is 1. The normalized spacial score (nSPS) is 29.4. The van der Waals surface area contributed by atoms with E-state index in [2.05, 4.69) is 10.3 Å². The number of nitrogens with one attached hydrogen (secondary N) is 1. The van der Waals surface area contributed by atoms with Gasteiger partial charge in [0.1, 0.15) is 0 Å². The highest BCUT2D eigenvalue weighted by molar-refractivity contribution is 5.79. The summed E-state index contributed by atoms with van der Waals surface area (Å²) in [6.07, 6.45) is 9.54. The Morgan fingerprint density at radius 3 is 2.78 bits per heavy atom. The fraction of sp³-hybridized carbons (Fsp3) is 0.600. The second kappa shape index (κ2) is 5.09. The lowest BCUT2D eigenvalue weighted by Crippen LogP contribution is -2.34. The molecule has 3 nitrogen and oxygen atoms in total.